The van der Waals surface area contributed by atoms with Gasteiger partial charge in [-0.3, -0.25) is 0 Å². The van der Waals surface area contributed by atoms with Gasteiger partial charge >= 0.3 is 0 Å². The van der Waals surface area contributed by atoms with Gasteiger partial charge in [0.25, 0.3) is 0 Å². The molecule has 0 atom stereocenters. The van der Waals surface area contributed by atoms with E-state index in [0.717, 1.165) is 16.3 Å². The fourth-order valence-corrected chi connectivity index (χ4v) is 1.68. The lowest BCUT2D eigenvalue weighted by Gasteiger charge is -2.06. The van der Waals surface area contributed by atoms with Crippen LogP contribution >= 0.6 is 11.6 Å². The Balaban J connectivity index is 2.46. The van der Waals surface area contributed by atoms with E-state index in [1.807, 2.05) is 47.3 Å². The third-order valence-corrected chi connectivity index (χ3v) is 2.43. The second kappa shape index (κ2) is 3.86. The van der Waals surface area contributed by atoms with E-state index in [1.165, 1.54) is 0 Å². The van der Waals surface area contributed by atoms with Gasteiger partial charge in [0.2, 0.25) is 0 Å². The fraction of sp³-hybridized carbons (Fsp3) is 0.0909. The summed E-state index contributed by atoms with van der Waals surface area (Å²) in [5.41, 5.74) is 7.55. The molecule has 72 valence electrons. The first kappa shape index (κ1) is 9.31. The number of nitrogens with zero attached hydrogens (tertiary/aromatic N) is 1. The lowest BCUT2D eigenvalue weighted by atomic mass is 10.2. The molecular weight excluding hydrogens is 196 g/mol. The van der Waals surface area contributed by atoms with Crippen LogP contribution in [0.3, 0.4) is 0 Å². The average molecular weight is 207 g/mol. The molecule has 0 saturated heterocycles. The third-order valence-electron chi connectivity index (χ3n) is 2.13. The van der Waals surface area contributed by atoms with E-state index in [9.17, 15) is 0 Å². The summed E-state index contributed by atoms with van der Waals surface area (Å²) in [6, 6.07) is 9.79. The van der Waals surface area contributed by atoms with Crippen molar-refractivity contribution < 1.29 is 0 Å². The van der Waals surface area contributed by atoms with Gasteiger partial charge in [0.1, 0.15) is 0 Å². The number of aromatic nitrogens is 1. The monoisotopic (exact) mass is 206 g/mol. The molecule has 2 rings (SSSR count). The van der Waals surface area contributed by atoms with Gasteiger partial charge in [-0.1, -0.05) is 17.7 Å². The van der Waals surface area contributed by atoms with Crippen LogP contribution in [0, 0.1) is 0 Å². The summed E-state index contributed by atoms with van der Waals surface area (Å²) in [6.45, 7) is 0.520. The van der Waals surface area contributed by atoms with Gasteiger partial charge in [-0.2, -0.15) is 0 Å². The van der Waals surface area contributed by atoms with E-state index in [2.05, 4.69) is 0 Å². The minimum absolute atomic E-state index is 0.520. The maximum absolute atomic E-state index is 6.12. The van der Waals surface area contributed by atoms with Gasteiger partial charge in [0.15, 0.2) is 0 Å². The van der Waals surface area contributed by atoms with E-state index in [1.54, 1.807) is 0 Å². The molecule has 0 bridgehead atoms. The van der Waals surface area contributed by atoms with Crippen LogP contribution in [0.1, 0.15) is 5.56 Å². The largest absolute Gasteiger partial charge is 0.326 e. The standard InChI is InChI=1S/C11H11ClN2/c12-10-7-9(8-13)3-4-11(10)14-5-1-2-6-14/h1-7H,8,13H2. The normalized spacial score (nSPS) is 10.4. The molecular formula is C11H11ClN2. The highest BCUT2D eigenvalue weighted by molar-refractivity contribution is 6.32. The van der Waals surface area contributed by atoms with Crippen LogP contribution in [0.4, 0.5) is 0 Å². The fourth-order valence-electron chi connectivity index (χ4n) is 1.38. The first-order valence-electron chi connectivity index (χ1n) is 4.43. The highest BCUT2D eigenvalue weighted by Crippen LogP contribution is 2.21. The molecule has 0 saturated carbocycles. The Hall–Kier alpha value is -1.25. The SMILES string of the molecule is NCc1ccc(-n2cccc2)c(Cl)c1. The van der Waals surface area contributed by atoms with Gasteiger partial charge in [0, 0.05) is 18.9 Å². The summed E-state index contributed by atoms with van der Waals surface area (Å²) < 4.78 is 1.97. The van der Waals surface area contributed by atoms with E-state index >= 15 is 0 Å². The predicted molar refractivity (Wildman–Crippen MR) is 58.7 cm³/mol. The van der Waals surface area contributed by atoms with Crippen molar-refractivity contribution in [2.75, 3.05) is 0 Å². The van der Waals surface area contributed by atoms with Gasteiger partial charge in [-0.15, -0.1) is 0 Å². The van der Waals surface area contributed by atoms with Crippen molar-refractivity contribution in [2.45, 2.75) is 6.54 Å². The Morgan fingerprint density at radius 1 is 1.21 bits per heavy atom. The molecule has 0 aliphatic rings. The molecule has 2 N–H and O–H groups in total. The van der Waals surface area contributed by atoms with Gasteiger partial charge < -0.3 is 10.3 Å². The molecule has 0 aliphatic carbocycles. The average Bonchev–Trinajstić information content (AvgIpc) is 2.70. The summed E-state index contributed by atoms with van der Waals surface area (Å²) in [6.07, 6.45) is 3.92. The van der Waals surface area contributed by atoms with Crippen molar-refractivity contribution in [2.24, 2.45) is 5.73 Å². The second-order valence-electron chi connectivity index (χ2n) is 3.08. The van der Waals surface area contributed by atoms with Crippen LogP contribution in [0.5, 0.6) is 0 Å². The number of nitrogens with two attached hydrogens (primary N) is 1. The van der Waals surface area contributed by atoms with Crippen LogP contribution in [0.15, 0.2) is 42.7 Å². The Morgan fingerprint density at radius 2 is 1.93 bits per heavy atom. The van der Waals surface area contributed by atoms with E-state index < -0.39 is 0 Å². The summed E-state index contributed by atoms with van der Waals surface area (Å²) in [4.78, 5) is 0. The summed E-state index contributed by atoms with van der Waals surface area (Å²) in [5.74, 6) is 0. The predicted octanol–water partition coefficient (Wildman–Crippen LogP) is 2.59. The molecule has 0 unspecified atom stereocenters. The van der Waals surface area contributed by atoms with Crippen LogP contribution in [-0.4, -0.2) is 4.57 Å². The molecule has 1 heterocycles. The zero-order valence-electron chi connectivity index (χ0n) is 7.65. The van der Waals surface area contributed by atoms with Crippen molar-refractivity contribution in [3.8, 4) is 5.69 Å². The molecule has 1 aromatic heterocycles. The number of hydrogen-bond donors (Lipinski definition) is 1. The summed E-state index contributed by atoms with van der Waals surface area (Å²) >= 11 is 6.12. The van der Waals surface area contributed by atoms with Crippen LogP contribution < -0.4 is 5.73 Å². The minimum atomic E-state index is 0.520. The van der Waals surface area contributed by atoms with Gasteiger partial charge in [-0.05, 0) is 29.8 Å². The lowest BCUT2D eigenvalue weighted by molar-refractivity contribution is 1.05. The summed E-state index contributed by atoms with van der Waals surface area (Å²) in [5, 5.41) is 0.726. The first-order chi connectivity index (χ1) is 6.81. The molecule has 2 aromatic rings. The van der Waals surface area contributed by atoms with Crippen LogP contribution in [0.2, 0.25) is 5.02 Å². The lowest BCUT2D eigenvalue weighted by Crippen LogP contribution is -1.98. The molecule has 0 aliphatic heterocycles. The Labute approximate surface area is 87.9 Å². The zero-order valence-corrected chi connectivity index (χ0v) is 8.41. The van der Waals surface area contributed by atoms with E-state index in [-0.39, 0.29) is 0 Å². The Kier molecular flexibility index (Phi) is 2.57. The van der Waals surface area contributed by atoms with Crippen LogP contribution in [-0.2, 0) is 6.54 Å². The number of rotatable bonds is 2. The smallest absolute Gasteiger partial charge is 0.0649 e. The zero-order chi connectivity index (χ0) is 9.97. The second-order valence-corrected chi connectivity index (χ2v) is 3.49. The minimum Gasteiger partial charge on any atom is -0.326 e. The van der Waals surface area contributed by atoms with Crippen LogP contribution in [0.25, 0.3) is 5.69 Å². The molecule has 1 aromatic carbocycles. The summed E-state index contributed by atoms with van der Waals surface area (Å²) in [7, 11) is 0. The highest BCUT2D eigenvalue weighted by Gasteiger charge is 2.01. The van der Waals surface area contributed by atoms with Crippen molar-refractivity contribution in [3.63, 3.8) is 0 Å². The molecule has 2 nitrogen and oxygen atoms in total. The topological polar surface area (TPSA) is 30.9 Å². The molecule has 0 amide bonds. The first-order valence-corrected chi connectivity index (χ1v) is 4.81. The number of halogens is 1. The highest BCUT2D eigenvalue weighted by atomic mass is 35.5. The molecule has 3 heteroatoms. The van der Waals surface area contributed by atoms with Crippen molar-refractivity contribution in [3.05, 3.63) is 53.3 Å². The van der Waals surface area contributed by atoms with Crippen molar-refractivity contribution >= 4 is 11.6 Å². The quantitative estimate of drug-likeness (QED) is 0.805. The van der Waals surface area contributed by atoms with Crippen molar-refractivity contribution in [1.82, 2.24) is 4.57 Å². The van der Waals surface area contributed by atoms with E-state index in [0.29, 0.717) is 6.54 Å². The number of hydrogen-bond acceptors (Lipinski definition) is 1. The van der Waals surface area contributed by atoms with Gasteiger partial charge in [-0.25, -0.2) is 0 Å². The van der Waals surface area contributed by atoms with Crippen molar-refractivity contribution in [1.29, 1.82) is 0 Å². The number of benzene rings is 1. The van der Waals surface area contributed by atoms with E-state index in [4.69, 9.17) is 17.3 Å². The third kappa shape index (κ3) is 1.67. The van der Waals surface area contributed by atoms with Gasteiger partial charge in [0.05, 0.1) is 10.7 Å². The maximum Gasteiger partial charge on any atom is 0.0649 e. The molecule has 14 heavy (non-hydrogen) atoms. The Bertz CT molecular complexity index is 421. The Morgan fingerprint density at radius 3 is 2.50 bits per heavy atom. The molecule has 0 radical (unpaired) electrons. The molecule has 0 fully saturated rings. The maximum atomic E-state index is 6.12. The molecule has 0 spiro atoms.